The van der Waals surface area contributed by atoms with Gasteiger partial charge in [0.15, 0.2) is 6.61 Å². The van der Waals surface area contributed by atoms with Crippen LogP contribution in [0.25, 0.3) is 0 Å². The third-order valence-corrected chi connectivity index (χ3v) is 7.29. The summed E-state index contributed by atoms with van der Waals surface area (Å²) >= 11 is 5.85. The van der Waals surface area contributed by atoms with Crippen molar-refractivity contribution in [1.29, 1.82) is 0 Å². The molecule has 4 aliphatic carbocycles. The van der Waals surface area contributed by atoms with Gasteiger partial charge in [0.1, 0.15) is 12.4 Å². The maximum absolute atomic E-state index is 12.5. The molecule has 0 atom stereocenters. The molecule has 0 saturated heterocycles. The fourth-order valence-electron chi connectivity index (χ4n) is 5.04. The quantitative estimate of drug-likeness (QED) is 0.533. The molecular weight excluding hydrogens is 477 g/mol. The highest BCUT2D eigenvalue weighted by atomic mass is 35.5. The number of fused-ring (bicyclic) bond motifs is 3. The van der Waals surface area contributed by atoms with E-state index in [-0.39, 0.29) is 48.9 Å². The van der Waals surface area contributed by atoms with Crippen molar-refractivity contribution >= 4 is 23.4 Å². The zero-order valence-corrected chi connectivity index (χ0v) is 19.3. The number of alkyl halides is 3. The Morgan fingerprint density at radius 3 is 1.88 bits per heavy atom. The summed E-state index contributed by atoms with van der Waals surface area (Å²) in [5.74, 6) is 0.115. The zero-order valence-electron chi connectivity index (χ0n) is 18.6. The lowest BCUT2D eigenvalue weighted by molar-refractivity contribution is -0.357. The number of amides is 2. The van der Waals surface area contributed by atoms with Crippen LogP contribution in [0.4, 0.5) is 13.2 Å². The number of benzene rings is 1. The first-order chi connectivity index (χ1) is 16.0. The average Bonchev–Trinajstić information content (AvgIpc) is 2.75. The van der Waals surface area contributed by atoms with Crippen LogP contribution in [-0.4, -0.2) is 54.7 Å². The topological polar surface area (TPSA) is 85.9 Å². The molecule has 1 aromatic rings. The molecule has 34 heavy (non-hydrogen) atoms. The van der Waals surface area contributed by atoms with Crippen LogP contribution in [0.15, 0.2) is 24.3 Å². The molecule has 2 bridgehead atoms. The maximum Gasteiger partial charge on any atom is 0.522 e. The molecule has 1 aromatic carbocycles. The third-order valence-electron chi connectivity index (χ3n) is 7.04. The van der Waals surface area contributed by atoms with Gasteiger partial charge in [-0.25, -0.2) is 0 Å². The fourth-order valence-corrected chi connectivity index (χ4v) is 5.16. The summed E-state index contributed by atoms with van der Waals surface area (Å²) in [6, 6.07) is 6.80. The summed E-state index contributed by atoms with van der Waals surface area (Å²) in [7, 11) is 0. The molecule has 7 nitrogen and oxygen atoms in total. The normalized spacial score (nSPS) is 30.4. The fraction of sp³-hybridized carbons (Fsp3) is 0.652. The first-order valence-corrected chi connectivity index (χ1v) is 11.8. The molecule has 4 aliphatic rings. The Balaban J connectivity index is 1.15. The second-order valence-electron chi connectivity index (χ2n) is 9.49. The van der Waals surface area contributed by atoms with Crippen LogP contribution in [0.1, 0.15) is 51.4 Å². The van der Waals surface area contributed by atoms with Crippen molar-refractivity contribution in [3.63, 3.8) is 0 Å². The van der Waals surface area contributed by atoms with Crippen LogP contribution in [-0.2, 0) is 19.1 Å². The van der Waals surface area contributed by atoms with E-state index in [1.54, 1.807) is 24.3 Å². The van der Waals surface area contributed by atoms with Crippen LogP contribution in [0.2, 0.25) is 5.02 Å². The molecule has 4 saturated carbocycles. The number of rotatable bonds is 9. The van der Waals surface area contributed by atoms with E-state index in [2.05, 4.69) is 15.4 Å². The highest BCUT2D eigenvalue weighted by Crippen LogP contribution is 2.46. The predicted octanol–water partition coefficient (Wildman–Crippen LogP) is 3.88. The van der Waals surface area contributed by atoms with E-state index in [0.717, 1.165) is 38.5 Å². The number of halogens is 4. The standard InChI is InChI=1S/C23H28ClF3N2O5/c24-15-1-3-16(4-2-15)32-13-19(30)28-21-5-8-22(9-6-21,10-7-21)29-20(31)14-33-17-11-18(12-17)34-23(25,26)27/h1-4,17-18H,5-14H2,(H,28,30)(H,29,31)/t17-,18+,21?,22?. The van der Waals surface area contributed by atoms with Crippen molar-refractivity contribution in [2.45, 2.75) is 81.0 Å². The molecule has 11 heteroatoms. The summed E-state index contributed by atoms with van der Waals surface area (Å²) in [5.41, 5.74) is -0.614. The third kappa shape index (κ3) is 6.55. The van der Waals surface area contributed by atoms with Crippen LogP contribution in [0, 0.1) is 0 Å². The van der Waals surface area contributed by atoms with Gasteiger partial charge in [-0.15, -0.1) is 13.2 Å². The molecular formula is C23H28ClF3N2O5. The van der Waals surface area contributed by atoms with E-state index in [4.69, 9.17) is 21.1 Å². The number of carbonyl (C=O) groups excluding carboxylic acids is 2. The van der Waals surface area contributed by atoms with Gasteiger partial charge in [-0.1, -0.05) is 11.6 Å². The second-order valence-corrected chi connectivity index (χ2v) is 9.93. The van der Waals surface area contributed by atoms with Gasteiger partial charge in [-0.05, 0) is 62.8 Å². The van der Waals surface area contributed by atoms with Crippen molar-refractivity contribution in [3.8, 4) is 5.75 Å². The summed E-state index contributed by atoms with van der Waals surface area (Å²) in [4.78, 5) is 24.9. The maximum atomic E-state index is 12.5. The Kier molecular flexibility index (Phi) is 7.30. The lowest BCUT2D eigenvalue weighted by Crippen LogP contribution is -2.64. The van der Waals surface area contributed by atoms with E-state index in [1.807, 2.05) is 0 Å². The highest BCUT2D eigenvalue weighted by molar-refractivity contribution is 6.30. The largest absolute Gasteiger partial charge is 0.522 e. The molecule has 0 radical (unpaired) electrons. The Labute approximate surface area is 200 Å². The minimum absolute atomic E-state index is 0.0847. The molecule has 188 valence electrons. The second kappa shape index (κ2) is 9.91. The average molecular weight is 505 g/mol. The van der Waals surface area contributed by atoms with Gasteiger partial charge in [0, 0.05) is 28.9 Å². The molecule has 0 heterocycles. The lowest BCUT2D eigenvalue weighted by Gasteiger charge is -2.53. The number of hydrogen-bond acceptors (Lipinski definition) is 5. The van der Waals surface area contributed by atoms with E-state index >= 15 is 0 Å². The van der Waals surface area contributed by atoms with Gasteiger partial charge in [0.05, 0.1) is 12.2 Å². The SMILES string of the molecule is O=C(COc1ccc(Cl)cc1)NC12CCC(NC(=O)CO[C@H]3C[C@@H](OC(F)(F)F)C3)(CC1)CC2. The summed E-state index contributed by atoms with van der Waals surface area (Å²) in [6.07, 6.45) is -1.23. The Hall–Kier alpha value is -2.04. The summed E-state index contributed by atoms with van der Waals surface area (Å²) in [5, 5.41) is 6.79. The van der Waals surface area contributed by atoms with Crippen LogP contribution in [0.5, 0.6) is 5.75 Å². The molecule has 0 spiro atoms. The summed E-state index contributed by atoms with van der Waals surface area (Å²) < 4.78 is 51.4. The van der Waals surface area contributed by atoms with Gasteiger partial charge in [-0.2, -0.15) is 0 Å². The van der Waals surface area contributed by atoms with E-state index in [0.29, 0.717) is 10.8 Å². The van der Waals surface area contributed by atoms with Gasteiger partial charge in [0.2, 0.25) is 5.91 Å². The van der Waals surface area contributed by atoms with Crippen molar-refractivity contribution in [2.24, 2.45) is 0 Å². The number of ether oxygens (including phenoxy) is 3. The van der Waals surface area contributed by atoms with Crippen molar-refractivity contribution in [3.05, 3.63) is 29.3 Å². The van der Waals surface area contributed by atoms with E-state index < -0.39 is 18.6 Å². The van der Waals surface area contributed by atoms with E-state index in [1.165, 1.54) is 0 Å². The lowest BCUT2D eigenvalue weighted by atomic mass is 9.61. The monoisotopic (exact) mass is 504 g/mol. The van der Waals surface area contributed by atoms with Gasteiger partial charge >= 0.3 is 6.36 Å². The Morgan fingerprint density at radius 1 is 0.882 bits per heavy atom. The van der Waals surface area contributed by atoms with Crippen molar-refractivity contribution in [1.82, 2.24) is 10.6 Å². The number of hydrogen-bond donors (Lipinski definition) is 2. The molecule has 2 N–H and O–H groups in total. The van der Waals surface area contributed by atoms with Gasteiger partial charge in [0.25, 0.3) is 5.91 Å². The molecule has 2 amide bonds. The van der Waals surface area contributed by atoms with Crippen LogP contribution < -0.4 is 15.4 Å². The highest BCUT2D eigenvalue weighted by Gasteiger charge is 2.50. The van der Waals surface area contributed by atoms with Gasteiger partial charge < -0.3 is 20.1 Å². The number of nitrogens with one attached hydrogen (secondary N) is 2. The smallest absolute Gasteiger partial charge is 0.484 e. The van der Waals surface area contributed by atoms with E-state index in [9.17, 15) is 22.8 Å². The molecule has 5 rings (SSSR count). The predicted molar refractivity (Wildman–Crippen MR) is 116 cm³/mol. The first-order valence-electron chi connectivity index (χ1n) is 11.4. The van der Waals surface area contributed by atoms with Crippen molar-refractivity contribution in [2.75, 3.05) is 13.2 Å². The minimum Gasteiger partial charge on any atom is -0.484 e. The Morgan fingerprint density at radius 2 is 1.38 bits per heavy atom. The molecule has 0 unspecified atom stereocenters. The molecule has 0 aliphatic heterocycles. The summed E-state index contributed by atoms with van der Waals surface area (Å²) in [6.45, 7) is -0.270. The zero-order chi connectivity index (χ0) is 24.4. The first kappa shape index (κ1) is 25.1. The molecule has 4 fully saturated rings. The van der Waals surface area contributed by atoms with Crippen LogP contribution >= 0.6 is 11.6 Å². The van der Waals surface area contributed by atoms with Crippen LogP contribution in [0.3, 0.4) is 0 Å². The van der Waals surface area contributed by atoms with Gasteiger partial charge in [-0.3, -0.25) is 14.3 Å². The Bertz CT molecular complexity index is 865. The van der Waals surface area contributed by atoms with Crippen molar-refractivity contribution < 1.29 is 37.0 Å². The number of carbonyl (C=O) groups is 2. The molecule has 0 aromatic heterocycles. The minimum atomic E-state index is -4.65.